The first-order chi connectivity index (χ1) is 29.7. The zero-order valence-corrected chi connectivity index (χ0v) is 32.5. The van der Waals surface area contributed by atoms with Crippen LogP contribution in [0.15, 0.2) is 212 Å². The van der Waals surface area contributed by atoms with E-state index in [0.29, 0.717) is 11.4 Å². The van der Waals surface area contributed by atoms with Gasteiger partial charge in [-0.2, -0.15) is 5.26 Å². The maximum Gasteiger partial charge on any atom is 0.160 e. The molecule has 0 unspecified atom stereocenters. The second kappa shape index (κ2) is 14.6. The van der Waals surface area contributed by atoms with Crippen LogP contribution in [0.25, 0.3) is 110 Å². The third-order valence-corrected chi connectivity index (χ3v) is 11.7. The first kappa shape index (κ1) is 35.0. The fraction of sp³-hybridized carbons (Fsp3) is 0. The third-order valence-electron chi connectivity index (χ3n) is 11.7. The standard InChI is InChI=1S/C57H35N3/c58-36-37-23-25-38(26-24-37)39-27-29-41(30-28-39)52-35-53(60-57(59-52)43-16-5-2-6-17-43)47-33-34-50(46-20-10-9-19-45(46)47)55-49-22-12-11-21-48(49)54(42-14-3-1-4-15-42)56-44-18-8-7-13-40(44)31-32-51(55)56/h1-35H. The van der Waals surface area contributed by atoms with Gasteiger partial charge in [0.1, 0.15) is 0 Å². The van der Waals surface area contributed by atoms with E-state index in [4.69, 9.17) is 9.97 Å². The van der Waals surface area contributed by atoms with Crippen LogP contribution < -0.4 is 0 Å². The smallest absolute Gasteiger partial charge is 0.160 e. The molecule has 0 saturated heterocycles. The summed E-state index contributed by atoms with van der Waals surface area (Å²) in [6.07, 6.45) is 0. The molecule has 60 heavy (non-hydrogen) atoms. The number of rotatable bonds is 6. The summed E-state index contributed by atoms with van der Waals surface area (Å²) in [6, 6.07) is 77.1. The summed E-state index contributed by atoms with van der Waals surface area (Å²) in [4.78, 5) is 10.4. The predicted octanol–water partition coefficient (Wildman–Crippen LogP) is 15.0. The van der Waals surface area contributed by atoms with E-state index in [0.717, 1.165) is 50.0 Å². The zero-order valence-electron chi connectivity index (χ0n) is 32.5. The van der Waals surface area contributed by atoms with Crippen LogP contribution in [0.3, 0.4) is 0 Å². The Bertz CT molecular complexity index is 3460. The van der Waals surface area contributed by atoms with Gasteiger partial charge in [0.15, 0.2) is 5.82 Å². The molecule has 0 atom stereocenters. The number of aromatic nitrogens is 2. The van der Waals surface area contributed by atoms with Crippen LogP contribution in [0.5, 0.6) is 0 Å². The quantitative estimate of drug-likeness (QED) is 0.125. The van der Waals surface area contributed by atoms with Crippen LogP contribution in [0, 0.1) is 11.3 Å². The number of hydrogen-bond acceptors (Lipinski definition) is 3. The van der Waals surface area contributed by atoms with Crippen molar-refractivity contribution in [3.63, 3.8) is 0 Å². The van der Waals surface area contributed by atoms with Crippen LogP contribution in [-0.4, -0.2) is 9.97 Å². The van der Waals surface area contributed by atoms with Gasteiger partial charge in [-0.05, 0) is 94.7 Å². The monoisotopic (exact) mass is 761 g/mol. The van der Waals surface area contributed by atoms with Gasteiger partial charge in [0.05, 0.1) is 23.0 Å². The van der Waals surface area contributed by atoms with Gasteiger partial charge in [0.2, 0.25) is 0 Å². The van der Waals surface area contributed by atoms with Crippen molar-refractivity contribution in [3.05, 3.63) is 218 Å². The lowest BCUT2D eigenvalue weighted by Crippen LogP contribution is -1.97. The van der Waals surface area contributed by atoms with Crippen molar-refractivity contribution < 1.29 is 0 Å². The predicted molar refractivity (Wildman–Crippen MR) is 249 cm³/mol. The van der Waals surface area contributed by atoms with Crippen LogP contribution in [0.1, 0.15) is 5.56 Å². The summed E-state index contributed by atoms with van der Waals surface area (Å²) < 4.78 is 0. The molecule has 1 heterocycles. The first-order valence-corrected chi connectivity index (χ1v) is 20.2. The van der Waals surface area contributed by atoms with E-state index in [1.165, 1.54) is 54.6 Å². The normalized spacial score (nSPS) is 11.3. The molecule has 0 aliphatic rings. The summed E-state index contributed by atoms with van der Waals surface area (Å²) in [7, 11) is 0. The van der Waals surface area contributed by atoms with Gasteiger partial charge in [-0.1, -0.05) is 194 Å². The maximum atomic E-state index is 9.29. The number of fused-ring (bicyclic) bond motifs is 5. The fourth-order valence-corrected chi connectivity index (χ4v) is 8.90. The van der Waals surface area contributed by atoms with Crippen LogP contribution in [0.2, 0.25) is 0 Å². The summed E-state index contributed by atoms with van der Waals surface area (Å²) in [5, 5.41) is 19.0. The highest BCUT2D eigenvalue weighted by atomic mass is 14.9. The number of nitrogens with zero attached hydrogens (tertiary/aromatic N) is 3. The van der Waals surface area contributed by atoms with Crippen molar-refractivity contribution in [1.29, 1.82) is 5.26 Å². The van der Waals surface area contributed by atoms with Crippen molar-refractivity contribution in [2.24, 2.45) is 0 Å². The van der Waals surface area contributed by atoms with Gasteiger partial charge < -0.3 is 0 Å². The van der Waals surface area contributed by atoms with Crippen LogP contribution >= 0.6 is 0 Å². The van der Waals surface area contributed by atoms with Crippen LogP contribution in [0.4, 0.5) is 0 Å². The minimum atomic E-state index is 0.647. The molecular formula is C57H35N3. The van der Waals surface area contributed by atoms with Gasteiger partial charge in [0.25, 0.3) is 0 Å². The SMILES string of the molecule is N#Cc1ccc(-c2ccc(-c3cc(-c4ccc(-c5c6ccccc6c(-c6ccccc6)c6c5ccc5ccccc56)c5ccccc45)nc(-c4ccccc4)n3)cc2)cc1. The van der Waals surface area contributed by atoms with Gasteiger partial charge in [-0.3, -0.25) is 0 Å². The van der Waals surface area contributed by atoms with Crippen molar-refractivity contribution in [3.8, 4) is 73.4 Å². The molecule has 278 valence electrons. The minimum Gasteiger partial charge on any atom is -0.228 e. The van der Waals surface area contributed by atoms with Crippen molar-refractivity contribution >= 4 is 43.1 Å². The van der Waals surface area contributed by atoms with Gasteiger partial charge in [-0.25, -0.2) is 9.97 Å². The van der Waals surface area contributed by atoms with E-state index in [-0.39, 0.29) is 0 Å². The Hall–Kier alpha value is -8.19. The molecule has 0 aliphatic carbocycles. The lowest BCUT2D eigenvalue weighted by atomic mass is 9.82. The molecule has 3 heteroatoms. The Morgan fingerprint density at radius 3 is 1.53 bits per heavy atom. The summed E-state index contributed by atoms with van der Waals surface area (Å²) in [5.41, 5.74) is 12.4. The number of benzene rings is 10. The van der Waals surface area contributed by atoms with E-state index in [2.05, 4.69) is 176 Å². The Morgan fingerprint density at radius 1 is 0.333 bits per heavy atom. The first-order valence-electron chi connectivity index (χ1n) is 20.2. The Balaban J connectivity index is 1.13. The molecule has 11 aromatic rings. The molecule has 0 spiro atoms. The van der Waals surface area contributed by atoms with E-state index < -0.39 is 0 Å². The lowest BCUT2D eigenvalue weighted by Gasteiger charge is -2.21. The average molecular weight is 762 g/mol. The second-order valence-electron chi connectivity index (χ2n) is 15.2. The Labute approximate surface area is 348 Å². The lowest BCUT2D eigenvalue weighted by molar-refractivity contribution is 1.18. The highest BCUT2D eigenvalue weighted by Crippen LogP contribution is 2.48. The largest absolute Gasteiger partial charge is 0.228 e. The van der Waals surface area contributed by atoms with Gasteiger partial charge in [0, 0.05) is 16.7 Å². The topological polar surface area (TPSA) is 49.6 Å². The van der Waals surface area contributed by atoms with E-state index in [1.807, 2.05) is 42.5 Å². The second-order valence-corrected chi connectivity index (χ2v) is 15.2. The molecule has 0 bridgehead atoms. The maximum absolute atomic E-state index is 9.29. The van der Waals surface area contributed by atoms with Gasteiger partial charge in [-0.15, -0.1) is 0 Å². The molecule has 0 radical (unpaired) electrons. The highest BCUT2D eigenvalue weighted by molar-refractivity contribution is 6.29. The number of hydrogen-bond donors (Lipinski definition) is 0. The molecule has 3 nitrogen and oxygen atoms in total. The molecule has 1 aromatic heterocycles. The fourth-order valence-electron chi connectivity index (χ4n) is 8.90. The molecule has 11 rings (SSSR count). The molecule has 10 aromatic carbocycles. The molecule has 0 N–H and O–H groups in total. The van der Waals surface area contributed by atoms with E-state index in [1.54, 1.807) is 0 Å². The average Bonchev–Trinajstić information content (AvgIpc) is 3.33. The third kappa shape index (κ3) is 5.99. The van der Waals surface area contributed by atoms with Crippen molar-refractivity contribution in [1.82, 2.24) is 9.97 Å². The minimum absolute atomic E-state index is 0.647. The molecule has 0 aliphatic heterocycles. The molecule has 0 saturated carbocycles. The Morgan fingerprint density at radius 2 is 0.850 bits per heavy atom. The van der Waals surface area contributed by atoms with E-state index >= 15 is 0 Å². The van der Waals surface area contributed by atoms with Crippen molar-refractivity contribution in [2.75, 3.05) is 0 Å². The van der Waals surface area contributed by atoms with Crippen LogP contribution in [-0.2, 0) is 0 Å². The Kier molecular flexibility index (Phi) is 8.54. The van der Waals surface area contributed by atoms with Gasteiger partial charge >= 0.3 is 0 Å². The summed E-state index contributed by atoms with van der Waals surface area (Å²) in [6.45, 7) is 0. The molecular weight excluding hydrogens is 727 g/mol. The molecule has 0 fully saturated rings. The van der Waals surface area contributed by atoms with Crippen molar-refractivity contribution in [2.45, 2.75) is 0 Å². The summed E-state index contributed by atoms with van der Waals surface area (Å²) in [5.74, 6) is 0.674. The molecule has 0 amide bonds. The van der Waals surface area contributed by atoms with E-state index in [9.17, 15) is 5.26 Å². The zero-order chi connectivity index (χ0) is 40.0. The summed E-state index contributed by atoms with van der Waals surface area (Å²) >= 11 is 0. The number of nitriles is 1. The highest BCUT2D eigenvalue weighted by Gasteiger charge is 2.21.